The summed E-state index contributed by atoms with van der Waals surface area (Å²) in [7, 11) is 9.03. The fraction of sp³-hybridized carbons (Fsp3) is 0.717. The molecule has 1 saturated heterocycles. The molecule has 2 saturated carbocycles. The van der Waals surface area contributed by atoms with Crippen LogP contribution in [-0.4, -0.2) is 171 Å². The number of carbonyl (C=O) groups is 7. The molecule has 0 spiro atoms. The van der Waals surface area contributed by atoms with Crippen molar-refractivity contribution in [3.8, 4) is 0 Å². The summed E-state index contributed by atoms with van der Waals surface area (Å²) < 4.78 is 39.6. The van der Waals surface area contributed by atoms with Crippen molar-refractivity contribution in [2.24, 2.45) is 17.3 Å². The molecular formula is C53H87Cl2F3N7O7S+. The van der Waals surface area contributed by atoms with Crippen LogP contribution in [0.4, 0.5) is 13.2 Å². The van der Waals surface area contributed by atoms with Gasteiger partial charge in [0.25, 0.3) is 0 Å². The van der Waals surface area contributed by atoms with Gasteiger partial charge in [0.15, 0.2) is 12.3 Å². The maximum atomic E-state index is 13.3. The number of amides is 6. The number of nitrogens with zero attached hydrogens (tertiary/aromatic N) is 5. The van der Waals surface area contributed by atoms with Crippen LogP contribution in [0.3, 0.4) is 0 Å². The lowest BCUT2D eigenvalue weighted by molar-refractivity contribution is -0.830. The number of benzene rings is 1. The van der Waals surface area contributed by atoms with Crippen molar-refractivity contribution in [1.29, 1.82) is 0 Å². The number of likely N-dealkylation sites (tertiary alicyclic amines) is 1. The fourth-order valence-electron chi connectivity index (χ4n) is 9.24. The second kappa shape index (κ2) is 33.3. The summed E-state index contributed by atoms with van der Waals surface area (Å²) in [5.74, 6) is -0.292. The van der Waals surface area contributed by atoms with Crippen molar-refractivity contribution in [2.75, 3.05) is 73.9 Å². The predicted octanol–water partition coefficient (Wildman–Crippen LogP) is 8.81. The third-order valence-electron chi connectivity index (χ3n) is 13.7. The van der Waals surface area contributed by atoms with E-state index in [2.05, 4.69) is 10.6 Å². The van der Waals surface area contributed by atoms with Crippen molar-refractivity contribution in [3.05, 3.63) is 45.6 Å². The van der Waals surface area contributed by atoms with Crippen LogP contribution in [0.2, 0.25) is 10.0 Å². The van der Waals surface area contributed by atoms with Crippen LogP contribution in [0.15, 0.2) is 30.0 Å². The van der Waals surface area contributed by atoms with Gasteiger partial charge in [-0.2, -0.15) is 24.9 Å². The van der Waals surface area contributed by atoms with Gasteiger partial charge in [0.1, 0.15) is 17.5 Å². The van der Waals surface area contributed by atoms with Gasteiger partial charge >= 0.3 is 12.1 Å². The summed E-state index contributed by atoms with van der Waals surface area (Å²) in [6, 6.07) is 3.23. The molecule has 1 heterocycles. The lowest BCUT2D eigenvalue weighted by atomic mass is 9.72. The normalized spacial score (nSPS) is 17.2. The number of alkyl halides is 3. The topological polar surface area (TPSA) is 157 Å². The lowest BCUT2D eigenvalue weighted by Crippen LogP contribution is -2.61. The van der Waals surface area contributed by atoms with E-state index in [4.69, 9.17) is 23.2 Å². The molecule has 6 amide bonds. The Balaban J connectivity index is 0.000000545. The third kappa shape index (κ3) is 21.1. The van der Waals surface area contributed by atoms with Crippen LogP contribution >= 0.6 is 35.0 Å². The van der Waals surface area contributed by atoms with Crippen LogP contribution < -0.4 is 10.6 Å². The second-order valence-corrected chi connectivity index (χ2v) is 22.0. The average molecular weight is 1090 g/mol. The highest BCUT2D eigenvalue weighted by atomic mass is 35.5. The van der Waals surface area contributed by atoms with Crippen molar-refractivity contribution in [1.82, 2.24) is 30.2 Å². The van der Waals surface area contributed by atoms with Crippen molar-refractivity contribution in [2.45, 2.75) is 155 Å². The van der Waals surface area contributed by atoms with Gasteiger partial charge in [-0.15, -0.1) is 0 Å². The Morgan fingerprint density at radius 3 is 1.96 bits per heavy atom. The highest BCUT2D eigenvalue weighted by molar-refractivity contribution is 7.97. The number of unbranched alkanes of at least 4 members (excludes halogenated alkanes) is 1. The standard InChI is InChI=1S/C21H38N4O3.C18H24Cl2N2O3.C12H18F3NO.C2H6S/c1-7-18(23(4)5)20(27)24(6)14-10-9-11-16(3)25(8-2)21(28)19(22-15-26)17-12-13-17;1-12(2)7-17(21-11-24)18(25)22(3,4)15(10-23)9-13-8-14(19)5-6-16(13)20;13-12(14,15)11(6-2-1-3-7-11)10(17)16-8-4-5-9-16;1-3-2/h11,15,17-19H,7-10,12-14H2,1-6H3,(H,22,26);5-6,8,10-12,15,17H,7,9H2,1-4H3;1-9H2;1-2H3/p+1/b16-11+;;;/t;15-,17-;;/m.0../s1. The number of hydrogen-bond acceptors (Lipinski definition) is 9. The van der Waals surface area contributed by atoms with Crippen LogP contribution in [0, 0.1) is 17.3 Å². The highest BCUT2D eigenvalue weighted by Crippen LogP contribution is 2.50. The minimum Gasteiger partial charge on any atom is -0.347 e. The minimum absolute atomic E-state index is 0.0220. The van der Waals surface area contributed by atoms with Gasteiger partial charge in [0.05, 0.1) is 20.1 Å². The van der Waals surface area contributed by atoms with E-state index in [1.54, 1.807) is 53.9 Å². The first-order chi connectivity index (χ1) is 34.3. The Morgan fingerprint density at radius 1 is 0.918 bits per heavy atom. The summed E-state index contributed by atoms with van der Waals surface area (Å²) >= 11 is 13.9. The number of carbonyl (C=O) groups excluding carboxylic acids is 7. The van der Waals surface area contributed by atoms with Crippen molar-refractivity contribution >= 4 is 77.7 Å². The molecule has 3 aliphatic rings. The summed E-state index contributed by atoms with van der Waals surface area (Å²) in [5.41, 5.74) is -0.469. The van der Waals surface area contributed by atoms with E-state index in [0.29, 0.717) is 73.9 Å². The van der Waals surface area contributed by atoms with E-state index in [0.717, 1.165) is 63.3 Å². The number of likely N-dealkylation sites (N-methyl/N-ethyl adjacent to an activating group) is 4. The SMILES string of the molecule is CC(C)C[C@H](NC=O)C(=O)[N+](C)(C)[C@H](C=O)Cc1cc(Cl)ccc1Cl.CCC(C(=O)N(C)CCC/C=C(\C)N(CC)C(=O)C(NC=O)C1CC1)N(C)C.CSC.O=C(N1CCCC1)C1(C(F)(F)F)CCCCC1. The molecule has 1 aromatic rings. The smallest absolute Gasteiger partial charge is 0.347 e. The zero-order valence-corrected chi connectivity index (χ0v) is 48.0. The van der Waals surface area contributed by atoms with Crippen molar-refractivity contribution < 1.29 is 51.2 Å². The van der Waals surface area contributed by atoms with Crippen LogP contribution in [0.1, 0.15) is 124 Å². The Kier molecular flexibility index (Phi) is 30.7. The zero-order valence-electron chi connectivity index (χ0n) is 45.6. The molecule has 73 heavy (non-hydrogen) atoms. The van der Waals surface area contributed by atoms with Gasteiger partial charge in [-0.25, -0.2) is 4.79 Å². The van der Waals surface area contributed by atoms with Gasteiger partial charge in [-0.1, -0.05) is 69.3 Å². The molecule has 4 rings (SSSR count). The largest absolute Gasteiger partial charge is 0.403 e. The predicted molar refractivity (Wildman–Crippen MR) is 288 cm³/mol. The third-order valence-corrected chi connectivity index (χ3v) is 14.3. The van der Waals surface area contributed by atoms with Gasteiger partial charge in [0.2, 0.25) is 30.5 Å². The van der Waals surface area contributed by atoms with Gasteiger partial charge < -0.3 is 25.3 Å². The Morgan fingerprint density at radius 2 is 1.49 bits per heavy atom. The number of rotatable bonds is 23. The number of thioether (sulfide) groups is 1. The van der Waals surface area contributed by atoms with Gasteiger partial charge in [0, 0.05) is 55.4 Å². The first-order valence-electron chi connectivity index (χ1n) is 25.6. The number of hydrogen-bond donors (Lipinski definition) is 2. The summed E-state index contributed by atoms with van der Waals surface area (Å²) in [5, 5.41) is 6.27. The first kappa shape index (κ1) is 67.3. The Labute approximate surface area is 448 Å². The monoisotopic (exact) mass is 1090 g/mol. The molecule has 0 aromatic heterocycles. The minimum atomic E-state index is -4.40. The molecule has 4 atom stereocenters. The van der Waals surface area contributed by atoms with Crippen molar-refractivity contribution in [3.63, 3.8) is 0 Å². The summed E-state index contributed by atoms with van der Waals surface area (Å²) in [6.07, 6.45) is 12.3. The molecule has 2 N–H and O–H groups in total. The average Bonchev–Trinajstić information content (AvgIpc) is 4.03. The Bertz CT molecular complexity index is 1930. The van der Waals surface area contributed by atoms with E-state index in [1.807, 2.05) is 79.2 Å². The highest BCUT2D eigenvalue weighted by Gasteiger charge is 2.61. The number of nitrogens with one attached hydrogen (secondary N) is 2. The summed E-state index contributed by atoms with van der Waals surface area (Å²) in [6.45, 7) is 12.1. The van der Waals surface area contributed by atoms with E-state index < -0.39 is 35.6 Å². The molecule has 1 aliphatic heterocycles. The van der Waals surface area contributed by atoms with E-state index in [-0.39, 0.29) is 59.3 Å². The molecule has 1 aromatic carbocycles. The molecule has 2 aliphatic carbocycles. The molecule has 14 nitrogen and oxygen atoms in total. The molecule has 0 radical (unpaired) electrons. The zero-order chi connectivity index (χ0) is 55.7. The van der Waals surface area contributed by atoms with Gasteiger partial charge in [-0.3, -0.25) is 38.2 Å². The molecule has 0 bridgehead atoms. The number of halogens is 5. The van der Waals surface area contributed by atoms with Crippen LogP contribution in [-0.2, 0) is 40.0 Å². The number of aldehydes is 1. The van der Waals surface area contributed by atoms with Gasteiger partial charge in [-0.05, 0) is 140 Å². The molecule has 3 fully saturated rings. The number of allylic oxidation sites excluding steroid dienone is 2. The molecule has 416 valence electrons. The summed E-state index contributed by atoms with van der Waals surface area (Å²) in [4.78, 5) is 90.8. The van der Waals surface area contributed by atoms with E-state index >= 15 is 0 Å². The quantitative estimate of drug-likeness (QED) is 0.0622. The van der Waals surface area contributed by atoms with Crippen LogP contribution in [0.25, 0.3) is 0 Å². The number of quaternary nitrogens is 1. The second-order valence-electron chi connectivity index (χ2n) is 20.4. The van der Waals surface area contributed by atoms with E-state index in [1.165, 1.54) is 4.90 Å². The lowest BCUT2D eigenvalue weighted by Gasteiger charge is -2.39. The maximum Gasteiger partial charge on any atom is 0.403 e. The van der Waals surface area contributed by atoms with Crippen LogP contribution in [0.5, 0.6) is 0 Å². The molecule has 20 heteroatoms. The fourth-order valence-corrected chi connectivity index (χ4v) is 9.63. The first-order valence-corrected chi connectivity index (χ1v) is 28.0. The Hall–Kier alpha value is -3.71. The maximum absolute atomic E-state index is 13.3. The molecule has 2 unspecified atom stereocenters. The molecular weight excluding hydrogens is 1010 g/mol. The van der Waals surface area contributed by atoms with E-state index in [9.17, 15) is 46.7 Å².